The summed E-state index contributed by atoms with van der Waals surface area (Å²) in [7, 11) is 1.65. The number of aryl methyl sites for hydroxylation is 2. The average Bonchev–Trinajstić information content (AvgIpc) is 3.17. The van der Waals surface area contributed by atoms with Crippen molar-refractivity contribution in [3.05, 3.63) is 77.1 Å². The highest BCUT2D eigenvalue weighted by Crippen LogP contribution is 2.27. The molecule has 1 saturated heterocycles. The van der Waals surface area contributed by atoms with E-state index in [4.69, 9.17) is 4.74 Å². The smallest absolute Gasteiger partial charge is 0.271 e. The Balaban J connectivity index is 1.46. The van der Waals surface area contributed by atoms with Gasteiger partial charge < -0.3 is 14.2 Å². The number of benzene rings is 2. The van der Waals surface area contributed by atoms with Gasteiger partial charge in [-0.25, -0.2) is 5.43 Å². The van der Waals surface area contributed by atoms with E-state index in [0.717, 1.165) is 47.2 Å². The third-order valence-electron chi connectivity index (χ3n) is 5.95. The largest absolute Gasteiger partial charge is 0.496 e. The molecule has 166 valence electrons. The molecule has 0 bridgehead atoms. The lowest BCUT2D eigenvalue weighted by atomic mass is 10.1. The molecule has 0 atom stereocenters. The Kier molecular flexibility index (Phi) is 6.59. The summed E-state index contributed by atoms with van der Waals surface area (Å²) in [5, 5.41) is 4.17. The maximum absolute atomic E-state index is 12.7. The van der Waals surface area contributed by atoms with Crippen LogP contribution in [0.4, 0.5) is 5.69 Å². The van der Waals surface area contributed by atoms with E-state index in [1.807, 2.05) is 44.2 Å². The minimum absolute atomic E-state index is 0.255. The van der Waals surface area contributed by atoms with Gasteiger partial charge in [-0.1, -0.05) is 6.07 Å². The summed E-state index contributed by atoms with van der Waals surface area (Å²) in [4.78, 5) is 15.1. The molecule has 0 spiro atoms. The molecular weight excluding hydrogens is 400 g/mol. The van der Waals surface area contributed by atoms with Crippen LogP contribution in [0.5, 0.6) is 5.75 Å². The van der Waals surface area contributed by atoms with Crippen LogP contribution in [-0.2, 0) is 0 Å². The van der Waals surface area contributed by atoms with Gasteiger partial charge in [-0.3, -0.25) is 4.79 Å². The number of methoxy groups -OCH3 is 1. The van der Waals surface area contributed by atoms with Gasteiger partial charge in [0, 0.05) is 53.0 Å². The number of piperidine rings is 1. The summed E-state index contributed by atoms with van der Waals surface area (Å²) in [6, 6.07) is 17.8. The first-order valence-electron chi connectivity index (χ1n) is 11.1. The topological polar surface area (TPSA) is 58.9 Å². The van der Waals surface area contributed by atoms with Crippen LogP contribution in [0.2, 0.25) is 0 Å². The molecule has 4 rings (SSSR count). The Morgan fingerprint density at radius 1 is 0.969 bits per heavy atom. The number of nitrogens with one attached hydrogen (secondary N) is 1. The lowest BCUT2D eigenvalue weighted by Gasteiger charge is -2.29. The lowest BCUT2D eigenvalue weighted by Crippen LogP contribution is -2.29. The summed E-state index contributed by atoms with van der Waals surface area (Å²) in [6.45, 7) is 6.25. The number of ether oxygens (including phenoxy) is 1. The molecule has 0 saturated carbocycles. The second-order valence-corrected chi connectivity index (χ2v) is 8.17. The van der Waals surface area contributed by atoms with Crippen LogP contribution in [0.3, 0.4) is 0 Å². The van der Waals surface area contributed by atoms with Gasteiger partial charge >= 0.3 is 0 Å². The quantitative estimate of drug-likeness (QED) is 0.449. The summed E-state index contributed by atoms with van der Waals surface area (Å²) >= 11 is 0. The van der Waals surface area contributed by atoms with Crippen LogP contribution in [0.1, 0.15) is 46.6 Å². The van der Waals surface area contributed by atoms with Crippen molar-refractivity contribution in [3.63, 3.8) is 0 Å². The number of nitrogens with zero attached hydrogens (tertiary/aromatic N) is 3. The van der Waals surface area contributed by atoms with Gasteiger partial charge in [-0.05, 0) is 75.6 Å². The van der Waals surface area contributed by atoms with Crippen LogP contribution in [0.25, 0.3) is 5.69 Å². The zero-order chi connectivity index (χ0) is 22.5. The molecule has 3 aromatic rings. The summed E-state index contributed by atoms with van der Waals surface area (Å²) in [5.41, 5.74) is 8.37. The van der Waals surface area contributed by atoms with Crippen LogP contribution in [-0.4, -0.2) is 36.9 Å². The fourth-order valence-electron chi connectivity index (χ4n) is 4.24. The maximum Gasteiger partial charge on any atom is 0.271 e. The number of anilines is 1. The third kappa shape index (κ3) is 4.69. The standard InChI is InChI=1S/C26H30N4O2/c1-19-10-11-20(2)30(19)24-9-7-8-21(16-24)26(31)28-27-18-22-12-13-23(17-25(22)32-3)29-14-5-4-6-15-29/h7-13,16-18H,4-6,14-15H2,1-3H3,(H,28,31)/b27-18-. The Morgan fingerprint density at radius 3 is 2.44 bits per heavy atom. The van der Waals surface area contributed by atoms with E-state index in [0.29, 0.717) is 5.56 Å². The van der Waals surface area contributed by atoms with Gasteiger partial charge in [0.05, 0.1) is 13.3 Å². The Morgan fingerprint density at radius 2 is 1.72 bits per heavy atom. The number of hydrogen-bond acceptors (Lipinski definition) is 4. The van der Waals surface area contributed by atoms with Crippen molar-refractivity contribution < 1.29 is 9.53 Å². The van der Waals surface area contributed by atoms with Gasteiger partial charge in [0.1, 0.15) is 5.75 Å². The summed E-state index contributed by atoms with van der Waals surface area (Å²) in [5.74, 6) is 0.487. The molecule has 32 heavy (non-hydrogen) atoms. The Labute approximate surface area is 189 Å². The van der Waals surface area contributed by atoms with Gasteiger partial charge in [0.15, 0.2) is 0 Å². The third-order valence-corrected chi connectivity index (χ3v) is 5.95. The normalized spacial score (nSPS) is 14.0. The van der Waals surface area contributed by atoms with E-state index in [1.54, 1.807) is 19.4 Å². The molecule has 2 aromatic carbocycles. The van der Waals surface area contributed by atoms with Crippen molar-refractivity contribution in [2.24, 2.45) is 5.10 Å². The van der Waals surface area contributed by atoms with Crippen molar-refractivity contribution in [1.82, 2.24) is 9.99 Å². The molecule has 1 fully saturated rings. The van der Waals surface area contributed by atoms with Gasteiger partial charge in [0.2, 0.25) is 0 Å². The molecule has 6 heteroatoms. The van der Waals surface area contributed by atoms with Crippen molar-refractivity contribution in [2.45, 2.75) is 33.1 Å². The second-order valence-electron chi connectivity index (χ2n) is 8.17. The molecule has 0 radical (unpaired) electrons. The number of hydrogen-bond donors (Lipinski definition) is 1. The molecule has 6 nitrogen and oxygen atoms in total. The highest BCUT2D eigenvalue weighted by atomic mass is 16.5. The number of carbonyl (C=O) groups excluding carboxylic acids is 1. The Hall–Kier alpha value is -3.54. The first kappa shape index (κ1) is 21.7. The van der Waals surface area contributed by atoms with E-state index in [2.05, 4.69) is 38.2 Å². The zero-order valence-corrected chi connectivity index (χ0v) is 19.0. The molecule has 2 heterocycles. The minimum Gasteiger partial charge on any atom is -0.496 e. The molecule has 1 aromatic heterocycles. The first-order chi connectivity index (χ1) is 15.6. The fraction of sp³-hybridized carbons (Fsp3) is 0.308. The van der Waals surface area contributed by atoms with Crippen molar-refractivity contribution in [3.8, 4) is 11.4 Å². The zero-order valence-electron chi connectivity index (χ0n) is 19.0. The first-order valence-corrected chi connectivity index (χ1v) is 11.1. The number of aromatic nitrogens is 1. The van der Waals surface area contributed by atoms with Crippen LogP contribution in [0.15, 0.2) is 59.7 Å². The number of rotatable bonds is 6. The molecule has 0 aliphatic carbocycles. The van der Waals surface area contributed by atoms with Crippen LogP contribution >= 0.6 is 0 Å². The number of carbonyl (C=O) groups is 1. The SMILES string of the molecule is COc1cc(N2CCCCC2)ccc1/C=N\NC(=O)c1cccc(-n2c(C)ccc2C)c1. The van der Waals surface area contributed by atoms with E-state index in [9.17, 15) is 4.79 Å². The highest BCUT2D eigenvalue weighted by Gasteiger charge is 2.13. The fourth-order valence-corrected chi connectivity index (χ4v) is 4.24. The summed E-state index contributed by atoms with van der Waals surface area (Å²) < 4.78 is 7.68. The van der Waals surface area contributed by atoms with Crippen LogP contribution < -0.4 is 15.1 Å². The van der Waals surface area contributed by atoms with Crippen molar-refractivity contribution in [1.29, 1.82) is 0 Å². The predicted molar refractivity (Wildman–Crippen MR) is 129 cm³/mol. The maximum atomic E-state index is 12.7. The average molecular weight is 431 g/mol. The van der Waals surface area contributed by atoms with Crippen LogP contribution in [0, 0.1) is 13.8 Å². The van der Waals surface area contributed by atoms with Gasteiger partial charge in [0.25, 0.3) is 5.91 Å². The molecule has 1 amide bonds. The molecule has 1 aliphatic rings. The number of hydrazone groups is 1. The van der Waals surface area contributed by atoms with E-state index in [-0.39, 0.29) is 5.91 Å². The predicted octanol–water partition coefficient (Wildman–Crippen LogP) is 4.86. The van der Waals surface area contributed by atoms with Crippen molar-refractivity contribution in [2.75, 3.05) is 25.1 Å². The minimum atomic E-state index is -0.255. The van der Waals surface area contributed by atoms with Gasteiger partial charge in [-0.2, -0.15) is 5.10 Å². The summed E-state index contributed by atoms with van der Waals surface area (Å²) in [6.07, 6.45) is 5.37. The highest BCUT2D eigenvalue weighted by molar-refractivity contribution is 5.95. The van der Waals surface area contributed by atoms with Crippen molar-refractivity contribution >= 4 is 17.8 Å². The van der Waals surface area contributed by atoms with E-state index >= 15 is 0 Å². The lowest BCUT2D eigenvalue weighted by molar-refractivity contribution is 0.0955. The van der Waals surface area contributed by atoms with Gasteiger partial charge in [-0.15, -0.1) is 0 Å². The number of amides is 1. The van der Waals surface area contributed by atoms with E-state index < -0.39 is 0 Å². The monoisotopic (exact) mass is 430 g/mol. The Bertz CT molecular complexity index is 1110. The molecule has 1 N–H and O–H groups in total. The second kappa shape index (κ2) is 9.73. The van der Waals surface area contributed by atoms with E-state index in [1.165, 1.54) is 19.3 Å². The molecule has 0 unspecified atom stereocenters. The molecule has 1 aliphatic heterocycles. The molecular formula is C26H30N4O2.